The average Bonchev–Trinajstić information content (AvgIpc) is 3.66. The molecular formula is C31H26ClFN4O4S. The number of aliphatic carboxylic acids is 1. The molecule has 2 aromatic heterocycles. The molecule has 214 valence electrons. The molecule has 1 N–H and O–H groups in total. The normalized spacial score (nSPS) is 15.0. The Labute approximate surface area is 250 Å². The van der Waals surface area contributed by atoms with Gasteiger partial charge in [-0.25, -0.2) is 9.97 Å². The summed E-state index contributed by atoms with van der Waals surface area (Å²) in [7, 11) is 1.68. The van der Waals surface area contributed by atoms with Crippen LogP contribution in [-0.2, 0) is 27.2 Å². The number of benzene rings is 2. The number of hydrogen-bond acceptors (Lipinski definition) is 6. The van der Waals surface area contributed by atoms with E-state index in [1.54, 1.807) is 31.4 Å². The Kier molecular flexibility index (Phi) is 7.51. The predicted octanol–water partition coefficient (Wildman–Crippen LogP) is 6.01. The lowest BCUT2D eigenvalue weighted by Crippen LogP contribution is -2.39. The minimum absolute atomic E-state index is 0.0393. The predicted molar refractivity (Wildman–Crippen MR) is 159 cm³/mol. The number of carbonyl (C=O) groups excluding carboxylic acids is 2. The van der Waals surface area contributed by atoms with Crippen molar-refractivity contribution in [2.24, 2.45) is 5.92 Å². The minimum Gasteiger partial charge on any atom is -0.481 e. The standard InChI is InChI=1S/C31H26ClFN4O4S/c1-36-25(38)13-18-12-20(16-34-29(18)36)23-10-7-21(32)15-24(23)27-28(33)42-31(35-27)37(22-8-9-22)30(41)19(14-26(39)40)11-17-5-3-2-4-6-17/h2-7,10,12,15-16,19,22H,8-9,11,13-14H2,1H3,(H,39,40). The summed E-state index contributed by atoms with van der Waals surface area (Å²) < 4.78 is 15.7. The van der Waals surface area contributed by atoms with Crippen molar-refractivity contribution in [2.75, 3.05) is 16.8 Å². The molecule has 1 unspecified atom stereocenters. The number of amides is 2. The summed E-state index contributed by atoms with van der Waals surface area (Å²) in [5, 5.41) is 9.56. The third-order valence-corrected chi connectivity index (χ3v) is 8.63. The maximum absolute atomic E-state index is 15.7. The van der Waals surface area contributed by atoms with E-state index in [1.165, 1.54) is 9.80 Å². The average molecular weight is 605 g/mol. The van der Waals surface area contributed by atoms with E-state index in [-0.39, 0.29) is 47.9 Å². The summed E-state index contributed by atoms with van der Waals surface area (Å²) in [6.07, 6.45) is 3.21. The smallest absolute Gasteiger partial charge is 0.304 e. The van der Waals surface area contributed by atoms with Crippen LogP contribution in [0.4, 0.5) is 15.3 Å². The second kappa shape index (κ2) is 11.3. The first kappa shape index (κ1) is 28.0. The fourth-order valence-corrected chi connectivity index (χ4v) is 6.38. The summed E-state index contributed by atoms with van der Waals surface area (Å²) >= 11 is 7.11. The van der Waals surface area contributed by atoms with Gasteiger partial charge in [0.1, 0.15) is 11.5 Å². The van der Waals surface area contributed by atoms with Crippen molar-refractivity contribution in [3.05, 3.63) is 82.1 Å². The van der Waals surface area contributed by atoms with Crippen LogP contribution in [0.3, 0.4) is 0 Å². The van der Waals surface area contributed by atoms with E-state index in [4.69, 9.17) is 11.6 Å². The van der Waals surface area contributed by atoms with Gasteiger partial charge in [-0.3, -0.25) is 24.2 Å². The number of carbonyl (C=O) groups is 3. The molecule has 1 atom stereocenters. The number of rotatable bonds is 9. The van der Waals surface area contributed by atoms with E-state index >= 15 is 4.39 Å². The molecule has 8 nitrogen and oxygen atoms in total. The highest BCUT2D eigenvalue weighted by atomic mass is 35.5. The Balaban J connectivity index is 1.37. The van der Waals surface area contributed by atoms with Gasteiger partial charge in [-0.15, -0.1) is 0 Å². The number of likely N-dealkylation sites (N-methyl/N-ethyl adjacent to an activating group) is 1. The monoisotopic (exact) mass is 604 g/mol. The number of thiazole rings is 1. The van der Waals surface area contributed by atoms with E-state index in [0.29, 0.717) is 27.5 Å². The molecule has 2 aliphatic rings. The first-order valence-corrected chi connectivity index (χ1v) is 14.7. The van der Waals surface area contributed by atoms with E-state index in [1.807, 2.05) is 36.4 Å². The lowest BCUT2D eigenvalue weighted by Gasteiger charge is -2.24. The van der Waals surface area contributed by atoms with Crippen LogP contribution < -0.4 is 9.80 Å². The van der Waals surface area contributed by atoms with Gasteiger partial charge in [0.2, 0.25) is 16.9 Å². The van der Waals surface area contributed by atoms with E-state index in [0.717, 1.165) is 35.3 Å². The summed E-state index contributed by atoms with van der Waals surface area (Å²) in [5.41, 5.74) is 3.39. The Morgan fingerprint density at radius 3 is 2.64 bits per heavy atom. The van der Waals surface area contributed by atoms with Gasteiger partial charge in [-0.05, 0) is 48.6 Å². The Morgan fingerprint density at radius 1 is 1.17 bits per heavy atom. The number of fused-ring (bicyclic) bond motifs is 1. The lowest BCUT2D eigenvalue weighted by atomic mass is 9.94. The molecule has 1 aliphatic carbocycles. The quantitative estimate of drug-likeness (QED) is 0.251. The SMILES string of the molecule is CN1C(=O)Cc2cc(-c3ccc(Cl)cc3-c3nc(N(C(=O)C(CC(=O)O)Cc4ccccc4)C4CC4)sc3F)cnc21. The zero-order valence-electron chi connectivity index (χ0n) is 22.6. The molecule has 2 aromatic carbocycles. The van der Waals surface area contributed by atoms with Crippen LogP contribution in [0.15, 0.2) is 60.8 Å². The molecule has 2 amide bonds. The minimum atomic E-state index is -1.08. The summed E-state index contributed by atoms with van der Waals surface area (Å²) in [6.45, 7) is 0. The first-order chi connectivity index (χ1) is 20.2. The molecule has 4 aromatic rings. The Hall–Kier alpha value is -4.15. The molecule has 42 heavy (non-hydrogen) atoms. The van der Waals surface area contributed by atoms with E-state index < -0.39 is 17.0 Å². The lowest BCUT2D eigenvalue weighted by molar-refractivity contribution is -0.140. The fourth-order valence-electron chi connectivity index (χ4n) is 5.32. The highest BCUT2D eigenvalue weighted by Crippen LogP contribution is 2.42. The molecule has 1 fully saturated rings. The number of carboxylic acid groups (broad SMARTS) is 1. The van der Waals surface area contributed by atoms with Crippen LogP contribution in [0.5, 0.6) is 0 Å². The van der Waals surface area contributed by atoms with Crippen LogP contribution >= 0.6 is 22.9 Å². The second-order valence-electron chi connectivity index (χ2n) is 10.6. The number of halogens is 2. The molecule has 0 bridgehead atoms. The highest BCUT2D eigenvalue weighted by molar-refractivity contribution is 7.14. The van der Waals surface area contributed by atoms with Gasteiger partial charge in [-0.1, -0.05) is 59.3 Å². The van der Waals surface area contributed by atoms with Crippen LogP contribution in [0.25, 0.3) is 22.4 Å². The number of anilines is 2. The molecule has 0 spiro atoms. The van der Waals surface area contributed by atoms with Crippen LogP contribution in [0.2, 0.25) is 5.02 Å². The molecule has 0 radical (unpaired) electrons. The molecule has 1 aliphatic heterocycles. The molecule has 3 heterocycles. The maximum Gasteiger partial charge on any atom is 0.304 e. The molecule has 0 saturated heterocycles. The molecule has 6 rings (SSSR count). The van der Waals surface area contributed by atoms with Crippen LogP contribution in [0.1, 0.15) is 30.4 Å². The number of aromatic nitrogens is 2. The molecule has 11 heteroatoms. The van der Waals surface area contributed by atoms with Crippen molar-refractivity contribution in [3.63, 3.8) is 0 Å². The number of carboxylic acids is 1. The molecular weight excluding hydrogens is 579 g/mol. The van der Waals surface area contributed by atoms with Gasteiger partial charge in [-0.2, -0.15) is 4.39 Å². The van der Waals surface area contributed by atoms with Crippen molar-refractivity contribution >= 4 is 51.7 Å². The van der Waals surface area contributed by atoms with Crippen molar-refractivity contribution in [2.45, 2.75) is 38.1 Å². The van der Waals surface area contributed by atoms with Gasteiger partial charge in [0.05, 0.1) is 18.8 Å². The number of nitrogens with zero attached hydrogens (tertiary/aromatic N) is 4. The Morgan fingerprint density at radius 2 is 1.93 bits per heavy atom. The number of hydrogen-bond donors (Lipinski definition) is 1. The van der Waals surface area contributed by atoms with Crippen LogP contribution in [-0.4, -0.2) is 45.9 Å². The van der Waals surface area contributed by atoms with E-state index in [2.05, 4.69) is 9.97 Å². The largest absolute Gasteiger partial charge is 0.481 e. The first-order valence-electron chi connectivity index (χ1n) is 13.5. The van der Waals surface area contributed by atoms with E-state index in [9.17, 15) is 19.5 Å². The maximum atomic E-state index is 15.7. The highest BCUT2D eigenvalue weighted by Gasteiger charge is 2.40. The number of pyridine rings is 1. The van der Waals surface area contributed by atoms with Crippen LogP contribution in [0, 0.1) is 11.0 Å². The third-order valence-electron chi connectivity index (χ3n) is 7.55. The topological polar surface area (TPSA) is 104 Å². The summed E-state index contributed by atoms with van der Waals surface area (Å²) in [4.78, 5) is 49.9. The summed E-state index contributed by atoms with van der Waals surface area (Å²) in [6, 6.07) is 16.0. The zero-order chi connectivity index (χ0) is 29.5. The third kappa shape index (κ3) is 5.52. The summed E-state index contributed by atoms with van der Waals surface area (Å²) in [5.74, 6) is -1.76. The Bertz CT molecular complexity index is 1710. The van der Waals surface area contributed by atoms with Gasteiger partial charge >= 0.3 is 5.97 Å². The van der Waals surface area contributed by atoms with Gasteiger partial charge in [0, 0.05) is 41.0 Å². The van der Waals surface area contributed by atoms with Crippen molar-refractivity contribution in [1.29, 1.82) is 0 Å². The second-order valence-corrected chi connectivity index (χ2v) is 11.9. The van der Waals surface area contributed by atoms with Gasteiger partial charge in [0.15, 0.2) is 5.13 Å². The van der Waals surface area contributed by atoms with Gasteiger partial charge < -0.3 is 5.11 Å². The van der Waals surface area contributed by atoms with Crippen molar-refractivity contribution in [1.82, 2.24) is 9.97 Å². The van der Waals surface area contributed by atoms with Gasteiger partial charge in [0.25, 0.3) is 0 Å². The van der Waals surface area contributed by atoms with Crippen molar-refractivity contribution < 1.29 is 23.9 Å². The van der Waals surface area contributed by atoms with Crippen molar-refractivity contribution in [3.8, 4) is 22.4 Å². The molecule has 1 saturated carbocycles. The zero-order valence-corrected chi connectivity index (χ0v) is 24.2. The fraction of sp³-hybridized carbons (Fsp3) is 0.258.